The monoisotopic (exact) mass is 257 g/mol. The molecule has 90 valence electrons. The first-order valence-corrected chi connectivity index (χ1v) is 6.41. The van der Waals surface area contributed by atoms with E-state index in [-0.39, 0.29) is 5.56 Å². The number of hydrogen-bond acceptors (Lipinski definition) is 3. The van der Waals surface area contributed by atoms with Gasteiger partial charge in [0.1, 0.15) is 6.10 Å². The number of rotatable bonds is 2. The Balaban J connectivity index is 2.09. The lowest BCUT2D eigenvalue weighted by atomic mass is 10.0. The Morgan fingerprint density at radius 2 is 1.83 bits per heavy atom. The predicted octanol–water partition coefficient (Wildman–Crippen LogP) is 2.67. The molecule has 3 rings (SSSR count). The summed E-state index contributed by atoms with van der Waals surface area (Å²) < 4.78 is 3.59. The van der Waals surface area contributed by atoms with E-state index in [1.54, 1.807) is 6.07 Å². The molecule has 1 aromatic heterocycles. The van der Waals surface area contributed by atoms with Gasteiger partial charge >= 0.3 is 0 Å². The molecule has 3 aromatic rings. The third-order valence-electron chi connectivity index (χ3n) is 2.93. The highest BCUT2D eigenvalue weighted by Gasteiger charge is 2.11. The quantitative estimate of drug-likeness (QED) is 0.741. The van der Waals surface area contributed by atoms with E-state index in [4.69, 9.17) is 0 Å². The van der Waals surface area contributed by atoms with Crippen molar-refractivity contribution in [1.29, 1.82) is 0 Å². The summed E-state index contributed by atoms with van der Waals surface area (Å²) in [7, 11) is 0. The molecular formula is C14H11NO2S. The first kappa shape index (κ1) is 11.2. The maximum absolute atomic E-state index is 11.6. The summed E-state index contributed by atoms with van der Waals surface area (Å²) in [5.74, 6) is 0. The first-order chi connectivity index (χ1) is 8.75. The summed E-state index contributed by atoms with van der Waals surface area (Å²) in [5, 5.41) is 10.9. The van der Waals surface area contributed by atoms with Crippen molar-refractivity contribution < 1.29 is 5.11 Å². The zero-order chi connectivity index (χ0) is 12.5. The van der Waals surface area contributed by atoms with E-state index in [9.17, 15) is 9.90 Å². The maximum Gasteiger partial charge on any atom is 0.265 e. The SMILES string of the molecule is O=c1[nH]sc2ccc(C(O)c3ccccc3)cc12. The molecule has 1 heterocycles. The molecule has 0 radical (unpaired) electrons. The van der Waals surface area contributed by atoms with Gasteiger partial charge in [-0.1, -0.05) is 47.9 Å². The fourth-order valence-corrected chi connectivity index (χ4v) is 2.68. The Bertz CT molecular complexity index is 730. The molecule has 2 aromatic carbocycles. The molecule has 0 aliphatic carbocycles. The fraction of sp³-hybridized carbons (Fsp3) is 0.0714. The summed E-state index contributed by atoms with van der Waals surface area (Å²) in [5.41, 5.74) is 1.46. The number of fused-ring (bicyclic) bond motifs is 1. The summed E-state index contributed by atoms with van der Waals surface area (Å²) in [6.45, 7) is 0. The van der Waals surface area contributed by atoms with Crippen LogP contribution in [-0.2, 0) is 0 Å². The molecule has 0 spiro atoms. The van der Waals surface area contributed by atoms with E-state index in [2.05, 4.69) is 4.37 Å². The molecule has 3 nitrogen and oxygen atoms in total. The maximum atomic E-state index is 11.6. The van der Waals surface area contributed by atoms with E-state index in [1.807, 2.05) is 42.5 Å². The van der Waals surface area contributed by atoms with Gasteiger partial charge in [0.2, 0.25) is 0 Å². The molecule has 0 saturated carbocycles. The van der Waals surface area contributed by atoms with Crippen LogP contribution >= 0.6 is 11.5 Å². The predicted molar refractivity (Wildman–Crippen MR) is 72.9 cm³/mol. The molecule has 0 amide bonds. The van der Waals surface area contributed by atoms with Crippen LogP contribution in [0.2, 0.25) is 0 Å². The Hall–Kier alpha value is -1.91. The van der Waals surface area contributed by atoms with E-state index in [1.165, 1.54) is 11.5 Å². The number of hydrogen-bond donors (Lipinski definition) is 2. The molecule has 0 saturated heterocycles. The summed E-state index contributed by atoms with van der Waals surface area (Å²) in [6, 6.07) is 14.9. The third-order valence-corrected chi connectivity index (χ3v) is 3.80. The van der Waals surface area contributed by atoms with Gasteiger partial charge in [0.15, 0.2) is 0 Å². The van der Waals surface area contributed by atoms with E-state index in [0.29, 0.717) is 5.39 Å². The number of aliphatic hydroxyl groups is 1. The molecular weight excluding hydrogens is 246 g/mol. The van der Waals surface area contributed by atoms with Crippen LogP contribution in [-0.4, -0.2) is 9.48 Å². The Kier molecular flexibility index (Phi) is 2.74. The molecule has 0 bridgehead atoms. The van der Waals surface area contributed by atoms with Gasteiger partial charge in [0.25, 0.3) is 5.56 Å². The average Bonchev–Trinajstić information content (AvgIpc) is 2.80. The topological polar surface area (TPSA) is 53.1 Å². The number of aliphatic hydroxyl groups excluding tert-OH is 1. The van der Waals surface area contributed by atoms with Gasteiger partial charge in [-0.2, -0.15) is 0 Å². The van der Waals surface area contributed by atoms with Crippen molar-refractivity contribution in [3.8, 4) is 0 Å². The lowest BCUT2D eigenvalue weighted by Gasteiger charge is -2.11. The first-order valence-electron chi connectivity index (χ1n) is 5.60. The van der Waals surface area contributed by atoms with Gasteiger partial charge in [0, 0.05) is 0 Å². The highest BCUT2D eigenvalue weighted by molar-refractivity contribution is 7.13. The van der Waals surface area contributed by atoms with Crippen LogP contribution in [0.4, 0.5) is 0 Å². The minimum absolute atomic E-state index is 0.0999. The summed E-state index contributed by atoms with van der Waals surface area (Å²) in [4.78, 5) is 11.6. The molecule has 0 fully saturated rings. The third kappa shape index (κ3) is 1.85. The zero-order valence-corrected chi connectivity index (χ0v) is 10.3. The summed E-state index contributed by atoms with van der Waals surface area (Å²) >= 11 is 1.31. The minimum Gasteiger partial charge on any atom is -0.384 e. The van der Waals surface area contributed by atoms with Crippen LogP contribution in [0.5, 0.6) is 0 Å². The van der Waals surface area contributed by atoms with Gasteiger partial charge < -0.3 is 5.11 Å². The smallest absolute Gasteiger partial charge is 0.265 e. The largest absolute Gasteiger partial charge is 0.384 e. The fourth-order valence-electron chi connectivity index (χ4n) is 1.97. The van der Waals surface area contributed by atoms with E-state index >= 15 is 0 Å². The molecule has 0 aliphatic heterocycles. The number of H-pyrrole nitrogens is 1. The van der Waals surface area contributed by atoms with Crippen LogP contribution in [0.1, 0.15) is 17.2 Å². The van der Waals surface area contributed by atoms with E-state index < -0.39 is 6.10 Å². The number of nitrogens with one attached hydrogen (secondary N) is 1. The van der Waals surface area contributed by atoms with Crippen LogP contribution in [0.25, 0.3) is 10.1 Å². The van der Waals surface area contributed by atoms with Crippen LogP contribution in [0.3, 0.4) is 0 Å². The van der Waals surface area contributed by atoms with Gasteiger partial charge in [-0.15, -0.1) is 0 Å². The lowest BCUT2D eigenvalue weighted by Crippen LogP contribution is -2.01. The van der Waals surface area contributed by atoms with Gasteiger partial charge in [0.05, 0.1) is 10.1 Å². The van der Waals surface area contributed by atoms with E-state index in [0.717, 1.165) is 15.8 Å². The van der Waals surface area contributed by atoms with Crippen LogP contribution in [0.15, 0.2) is 53.3 Å². The minimum atomic E-state index is -0.699. The molecule has 2 N–H and O–H groups in total. The Morgan fingerprint density at radius 1 is 1.06 bits per heavy atom. The summed E-state index contributed by atoms with van der Waals surface area (Å²) in [6.07, 6.45) is -0.699. The van der Waals surface area contributed by atoms with Crippen LogP contribution in [0, 0.1) is 0 Å². The normalized spacial score (nSPS) is 12.7. The van der Waals surface area contributed by atoms with Crippen molar-refractivity contribution in [3.05, 3.63) is 70.0 Å². The van der Waals surface area contributed by atoms with Crippen molar-refractivity contribution in [2.75, 3.05) is 0 Å². The number of aromatic amines is 1. The number of aromatic nitrogens is 1. The average molecular weight is 257 g/mol. The van der Waals surface area contributed by atoms with Crippen LogP contribution < -0.4 is 5.56 Å². The van der Waals surface area contributed by atoms with Crippen molar-refractivity contribution >= 4 is 21.6 Å². The van der Waals surface area contributed by atoms with Gasteiger partial charge in [-0.05, 0) is 23.3 Å². The molecule has 1 unspecified atom stereocenters. The Morgan fingerprint density at radius 3 is 2.61 bits per heavy atom. The van der Waals surface area contributed by atoms with Crippen molar-refractivity contribution in [1.82, 2.24) is 4.37 Å². The molecule has 4 heteroatoms. The van der Waals surface area contributed by atoms with Crippen molar-refractivity contribution in [2.45, 2.75) is 6.10 Å². The standard InChI is InChI=1S/C14H11NO2S/c16-13(9-4-2-1-3-5-9)10-6-7-12-11(8-10)14(17)15-18-12/h1-8,13,16H,(H,15,17). The second-order valence-corrected chi connectivity index (χ2v) is 4.95. The highest BCUT2D eigenvalue weighted by Crippen LogP contribution is 2.25. The Labute approximate surface area is 107 Å². The van der Waals surface area contributed by atoms with Crippen molar-refractivity contribution in [2.24, 2.45) is 0 Å². The van der Waals surface area contributed by atoms with Gasteiger partial charge in [-0.25, -0.2) is 0 Å². The van der Waals surface area contributed by atoms with Crippen molar-refractivity contribution in [3.63, 3.8) is 0 Å². The molecule has 18 heavy (non-hydrogen) atoms. The second kappa shape index (κ2) is 4.40. The molecule has 1 atom stereocenters. The zero-order valence-electron chi connectivity index (χ0n) is 9.46. The lowest BCUT2D eigenvalue weighted by molar-refractivity contribution is 0.220. The number of benzene rings is 2. The second-order valence-electron chi connectivity index (χ2n) is 4.10. The highest BCUT2D eigenvalue weighted by atomic mass is 32.1. The van der Waals surface area contributed by atoms with Gasteiger partial charge in [-0.3, -0.25) is 9.17 Å². The molecule has 0 aliphatic rings.